The number of unbranched alkanes of at least 4 members (excludes halogenated alkanes) is 24. The van der Waals surface area contributed by atoms with E-state index >= 15 is 0 Å². The third-order valence-electron chi connectivity index (χ3n) is 9.26. The molecule has 0 bridgehead atoms. The van der Waals surface area contributed by atoms with Crippen molar-refractivity contribution in [2.75, 3.05) is 11.4 Å². The molecule has 1 atom stereocenters. The molecule has 0 spiro atoms. The van der Waals surface area contributed by atoms with E-state index in [1.54, 1.807) is 0 Å². The Balaban J connectivity index is 1.52. The quantitative estimate of drug-likeness (QED) is 0.0890. The van der Waals surface area contributed by atoms with E-state index in [0.29, 0.717) is 6.17 Å². The molecule has 0 aliphatic carbocycles. The summed E-state index contributed by atoms with van der Waals surface area (Å²) in [5, 5.41) is 0. The number of hydrogen-bond donors (Lipinski definition) is 0. The number of hydrogen-bond acceptors (Lipinski definition) is 2. The number of anilines is 1. The molecule has 2 heteroatoms. The van der Waals surface area contributed by atoms with E-state index in [0.717, 1.165) is 0 Å². The SMILES string of the molecule is CCCCCCCCCCCCCCCCCCN1C=CN(c2ccccc2)C1CCCCCCCCCCCC. The lowest BCUT2D eigenvalue weighted by atomic mass is 10.0. The lowest BCUT2D eigenvalue weighted by Gasteiger charge is -2.33. The van der Waals surface area contributed by atoms with Crippen LogP contribution in [-0.4, -0.2) is 17.6 Å². The summed E-state index contributed by atoms with van der Waals surface area (Å²) >= 11 is 0. The van der Waals surface area contributed by atoms with Gasteiger partial charge < -0.3 is 9.80 Å². The van der Waals surface area contributed by atoms with Crippen LogP contribution in [0.15, 0.2) is 42.7 Å². The van der Waals surface area contributed by atoms with Gasteiger partial charge in [0.1, 0.15) is 6.17 Å². The average molecular weight is 567 g/mol. The summed E-state index contributed by atoms with van der Waals surface area (Å²) in [5.74, 6) is 0. The molecule has 0 amide bonds. The second-order valence-corrected chi connectivity index (χ2v) is 13.0. The van der Waals surface area contributed by atoms with Crippen LogP contribution in [0.2, 0.25) is 0 Å². The zero-order chi connectivity index (χ0) is 29.1. The van der Waals surface area contributed by atoms with Gasteiger partial charge in [-0.1, -0.05) is 186 Å². The maximum absolute atomic E-state index is 2.64. The fourth-order valence-corrected chi connectivity index (χ4v) is 6.56. The van der Waals surface area contributed by atoms with E-state index in [4.69, 9.17) is 0 Å². The van der Waals surface area contributed by atoms with Crippen LogP contribution in [0.3, 0.4) is 0 Å². The van der Waals surface area contributed by atoms with Crippen LogP contribution in [-0.2, 0) is 0 Å². The van der Waals surface area contributed by atoms with Crippen LogP contribution in [0.25, 0.3) is 0 Å². The van der Waals surface area contributed by atoms with Crippen molar-refractivity contribution in [1.29, 1.82) is 0 Å². The van der Waals surface area contributed by atoms with E-state index in [2.05, 4.69) is 66.4 Å². The predicted molar refractivity (Wildman–Crippen MR) is 185 cm³/mol. The summed E-state index contributed by atoms with van der Waals surface area (Å²) in [6.45, 7) is 5.82. The fourth-order valence-electron chi connectivity index (χ4n) is 6.56. The topological polar surface area (TPSA) is 6.48 Å². The van der Waals surface area contributed by atoms with Crippen LogP contribution in [0.5, 0.6) is 0 Å². The first-order valence-electron chi connectivity index (χ1n) is 18.6. The second-order valence-electron chi connectivity index (χ2n) is 13.0. The van der Waals surface area contributed by atoms with Gasteiger partial charge >= 0.3 is 0 Å². The van der Waals surface area contributed by atoms with Gasteiger partial charge in [0.25, 0.3) is 0 Å². The molecule has 0 saturated carbocycles. The molecular weight excluding hydrogens is 496 g/mol. The molecule has 236 valence electrons. The van der Waals surface area contributed by atoms with Crippen molar-refractivity contribution < 1.29 is 0 Å². The number of para-hydroxylation sites is 1. The van der Waals surface area contributed by atoms with Gasteiger partial charge in [0.05, 0.1) is 0 Å². The van der Waals surface area contributed by atoms with Crippen LogP contribution >= 0.6 is 0 Å². The van der Waals surface area contributed by atoms with E-state index in [1.807, 2.05) is 0 Å². The maximum Gasteiger partial charge on any atom is 0.105 e. The van der Waals surface area contributed by atoms with Crippen molar-refractivity contribution in [3.05, 3.63) is 42.7 Å². The Kier molecular flexibility index (Phi) is 22.9. The van der Waals surface area contributed by atoms with Gasteiger partial charge in [0, 0.05) is 24.6 Å². The lowest BCUT2D eigenvalue weighted by Crippen LogP contribution is -2.39. The van der Waals surface area contributed by atoms with Crippen molar-refractivity contribution in [2.24, 2.45) is 0 Å². The van der Waals surface area contributed by atoms with Gasteiger partial charge in [-0.2, -0.15) is 0 Å². The average Bonchev–Trinajstić information content (AvgIpc) is 3.40. The molecular formula is C39H70N2. The molecule has 1 heterocycles. The van der Waals surface area contributed by atoms with Crippen LogP contribution in [0, 0.1) is 0 Å². The summed E-state index contributed by atoms with van der Waals surface area (Å²) in [4.78, 5) is 5.17. The molecule has 2 nitrogen and oxygen atoms in total. The van der Waals surface area contributed by atoms with Gasteiger partial charge in [-0.05, 0) is 31.4 Å². The van der Waals surface area contributed by atoms with E-state index in [9.17, 15) is 0 Å². The Morgan fingerprint density at radius 2 is 0.829 bits per heavy atom. The Morgan fingerprint density at radius 1 is 0.439 bits per heavy atom. The second kappa shape index (κ2) is 26.2. The largest absolute Gasteiger partial charge is 0.356 e. The molecule has 2 rings (SSSR count). The third-order valence-corrected chi connectivity index (χ3v) is 9.26. The van der Waals surface area contributed by atoms with Crippen LogP contribution in [0.4, 0.5) is 5.69 Å². The summed E-state index contributed by atoms with van der Waals surface area (Å²) in [6, 6.07) is 11.0. The minimum Gasteiger partial charge on any atom is -0.356 e. The predicted octanol–water partition coefficient (Wildman–Crippen LogP) is 13.2. The van der Waals surface area contributed by atoms with Crippen molar-refractivity contribution in [1.82, 2.24) is 4.90 Å². The monoisotopic (exact) mass is 567 g/mol. The van der Waals surface area contributed by atoms with E-state index < -0.39 is 0 Å². The summed E-state index contributed by atoms with van der Waals surface area (Å²) in [7, 11) is 0. The standard InChI is InChI=1S/C39H70N2/c1-3-5-7-9-11-13-15-16-17-18-19-20-22-24-26-31-35-40-36-37-41(38-32-28-27-29-33-38)39(40)34-30-25-23-21-14-12-10-8-6-4-2/h27-29,32-33,36-37,39H,3-26,30-31,34-35H2,1-2H3. The normalized spacial score (nSPS) is 14.9. The fraction of sp³-hybridized carbons (Fsp3) is 0.795. The molecule has 1 aromatic rings. The maximum atomic E-state index is 2.64. The molecule has 0 N–H and O–H groups in total. The van der Waals surface area contributed by atoms with Crippen molar-refractivity contribution in [3.63, 3.8) is 0 Å². The first-order valence-corrected chi connectivity index (χ1v) is 18.6. The highest BCUT2D eigenvalue weighted by atomic mass is 15.4. The van der Waals surface area contributed by atoms with Crippen molar-refractivity contribution >= 4 is 5.69 Å². The number of nitrogens with zero attached hydrogens (tertiary/aromatic N) is 2. The minimum absolute atomic E-state index is 0.503. The summed E-state index contributed by atoms with van der Waals surface area (Å²) < 4.78 is 0. The Hall–Kier alpha value is -1.44. The summed E-state index contributed by atoms with van der Waals surface area (Å²) in [6.07, 6.45) is 43.6. The van der Waals surface area contributed by atoms with Crippen molar-refractivity contribution in [3.8, 4) is 0 Å². The molecule has 0 radical (unpaired) electrons. The van der Waals surface area contributed by atoms with Crippen molar-refractivity contribution in [2.45, 2.75) is 193 Å². The van der Waals surface area contributed by atoms with E-state index in [1.165, 1.54) is 186 Å². The molecule has 0 saturated heterocycles. The molecule has 1 aromatic carbocycles. The zero-order valence-electron chi connectivity index (χ0n) is 27.8. The van der Waals surface area contributed by atoms with Gasteiger partial charge in [-0.25, -0.2) is 0 Å². The Morgan fingerprint density at radius 3 is 1.27 bits per heavy atom. The molecule has 1 unspecified atom stereocenters. The molecule has 41 heavy (non-hydrogen) atoms. The van der Waals surface area contributed by atoms with Gasteiger partial charge in [0.15, 0.2) is 0 Å². The number of benzene rings is 1. The van der Waals surface area contributed by atoms with Crippen LogP contribution in [0.1, 0.15) is 187 Å². The van der Waals surface area contributed by atoms with E-state index in [-0.39, 0.29) is 0 Å². The molecule has 1 aliphatic heterocycles. The first kappa shape index (κ1) is 35.8. The highest BCUT2D eigenvalue weighted by Gasteiger charge is 2.26. The van der Waals surface area contributed by atoms with Gasteiger partial charge in [-0.3, -0.25) is 0 Å². The molecule has 0 fully saturated rings. The third kappa shape index (κ3) is 18.0. The highest BCUT2D eigenvalue weighted by Crippen LogP contribution is 2.28. The number of rotatable bonds is 29. The molecule has 0 aromatic heterocycles. The summed E-state index contributed by atoms with van der Waals surface area (Å²) in [5.41, 5.74) is 1.34. The lowest BCUT2D eigenvalue weighted by molar-refractivity contribution is 0.273. The first-order chi connectivity index (χ1) is 20.4. The minimum atomic E-state index is 0.503. The Bertz CT molecular complexity index is 699. The smallest absolute Gasteiger partial charge is 0.105 e. The molecule has 1 aliphatic rings. The highest BCUT2D eigenvalue weighted by molar-refractivity contribution is 5.51. The zero-order valence-corrected chi connectivity index (χ0v) is 27.8. The van der Waals surface area contributed by atoms with Crippen LogP contribution < -0.4 is 4.90 Å². The Labute approximate surface area is 257 Å². The van der Waals surface area contributed by atoms with Gasteiger partial charge in [0.2, 0.25) is 0 Å². The van der Waals surface area contributed by atoms with Gasteiger partial charge in [-0.15, -0.1) is 0 Å².